The van der Waals surface area contributed by atoms with Gasteiger partial charge in [-0.1, -0.05) is 0 Å². The predicted molar refractivity (Wildman–Crippen MR) is 97.2 cm³/mol. The van der Waals surface area contributed by atoms with Crippen molar-refractivity contribution in [3.8, 4) is 11.5 Å². The molecule has 2 rings (SSSR count). The van der Waals surface area contributed by atoms with E-state index in [0.29, 0.717) is 5.56 Å². The number of ether oxygens (including phenoxy) is 1. The molecule has 0 saturated carbocycles. The van der Waals surface area contributed by atoms with Gasteiger partial charge in [-0.05, 0) is 42.8 Å². The third kappa shape index (κ3) is 5.04. The van der Waals surface area contributed by atoms with Crippen LogP contribution < -0.4 is 4.18 Å². The molecule has 0 aromatic heterocycles. The minimum absolute atomic E-state index is 0.156. The van der Waals surface area contributed by atoms with E-state index in [0.717, 1.165) is 19.4 Å². The summed E-state index contributed by atoms with van der Waals surface area (Å²) in [6.45, 7) is 1.51. The van der Waals surface area contributed by atoms with Gasteiger partial charge in [-0.2, -0.15) is 18.6 Å². The fraction of sp³-hybridized carbons (Fsp3) is 0.176. The summed E-state index contributed by atoms with van der Waals surface area (Å²) in [6.07, 6.45) is 0.828. The lowest BCUT2D eigenvalue weighted by molar-refractivity contribution is 0.0598. The smallest absolute Gasteiger partial charge is 0.341 e. The number of hydrogen-bond acceptors (Lipinski definition) is 9. The number of rotatable bonds is 6. The molecule has 28 heavy (non-hydrogen) atoms. The fourth-order valence-corrected chi connectivity index (χ4v) is 2.65. The molecule has 0 heterocycles. The van der Waals surface area contributed by atoms with Crippen molar-refractivity contribution in [3.63, 3.8) is 0 Å². The summed E-state index contributed by atoms with van der Waals surface area (Å²) in [4.78, 5) is 23.0. The van der Waals surface area contributed by atoms with Crippen molar-refractivity contribution < 1.29 is 37.1 Å². The number of azo groups is 1. The first-order valence-corrected chi connectivity index (χ1v) is 9.44. The van der Waals surface area contributed by atoms with E-state index < -0.39 is 22.1 Å². The molecule has 0 radical (unpaired) electrons. The van der Waals surface area contributed by atoms with Crippen LogP contribution in [0.2, 0.25) is 0 Å². The summed E-state index contributed by atoms with van der Waals surface area (Å²) < 4.78 is 32.0. The van der Waals surface area contributed by atoms with Gasteiger partial charge >= 0.3 is 22.1 Å². The zero-order valence-corrected chi connectivity index (χ0v) is 15.8. The lowest BCUT2D eigenvalue weighted by Crippen LogP contribution is -2.10. The number of carbonyl (C=O) groups is 2. The SMILES string of the molecule is COC(=O)c1cc(N=Nc2cc(C)c(O)c(C(=O)O)c2)ccc1OS(C)(=O)=O. The van der Waals surface area contributed by atoms with Crippen molar-refractivity contribution in [1.82, 2.24) is 0 Å². The van der Waals surface area contributed by atoms with E-state index in [2.05, 4.69) is 15.0 Å². The summed E-state index contributed by atoms with van der Waals surface area (Å²) in [5.74, 6) is -2.78. The Bertz CT molecular complexity index is 1080. The summed E-state index contributed by atoms with van der Waals surface area (Å²) in [6, 6.07) is 6.33. The minimum atomic E-state index is -3.87. The molecule has 0 amide bonds. The van der Waals surface area contributed by atoms with Crippen LogP contribution in [0.1, 0.15) is 26.3 Å². The number of aromatic carboxylic acids is 1. The number of esters is 1. The molecule has 0 unspecified atom stereocenters. The molecular formula is C17H16N2O8S. The van der Waals surface area contributed by atoms with Crippen LogP contribution in [0.4, 0.5) is 11.4 Å². The maximum atomic E-state index is 11.9. The van der Waals surface area contributed by atoms with Crippen LogP contribution in [0, 0.1) is 6.92 Å². The van der Waals surface area contributed by atoms with E-state index in [1.165, 1.54) is 31.2 Å². The van der Waals surface area contributed by atoms with Gasteiger partial charge in [-0.25, -0.2) is 9.59 Å². The monoisotopic (exact) mass is 408 g/mol. The molecule has 2 aromatic carbocycles. The zero-order chi connectivity index (χ0) is 21.1. The van der Waals surface area contributed by atoms with E-state index in [1.807, 2.05) is 0 Å². The average molecular weight is 408 g/mol. The Hall–Kier alpha value is -3.47. The van der Waals surface area contributed by atoms with Crippen LogP contribution in [0.3, 0.4) is 0 Å². The summed E-state index contributed by atoms with van der Waals surface area (Å²) in [7, 11) is -2.75. The van der Waals surface area contributed by atoms with Crippen LogP contribution in [-0.2, 0) is 14.9 Å². The maximum Gasteiger partial charge on any atom is 0.341 e. The number of nitrogens with zero attached hydrogens (tertiary/aromatic N) is 2. The van der Waals surface area contributed by atoms with Crippen LogP contribution >= 0.6 is 0 Å². The van der Waals surface area contributed by atoms with Gasteiger partial charge in [0.25, 0.3) is 0 Å². The van der Waals surface area contributed by atoms with Gasteiger partial charge in [-0.15, -0.1) is 0 Å². The number of carboxylic acids is 1. The number of carbonyl (C=O) groups excluding carboxylic acids is 1. The lowest BCUT2D eigenvalue weighted by atomic mass is 10.1. The maximum absolute atomic E-state index is 11.9. The number of aromatic hydroxyl groups is 1. The standard InChI is InChI=1S/C17H16N2O8S/c1-9-6-11(8-13(15(9)20)16(21)22)19-18-10-4-5-14(27-28(3,24)25)12(7-10)17(23)26-2/h4-8,20H,1-3H3,(H,21,22). The highest BCUT2D eigenvalue weighted by atomic mass is 32.2. The van der Waals surface area contributed by atoms with Gasteiger partial charge in [0.1, 0.15) is 16.9 Å². The van der Waals surface area contributed by atoms with Crippen LogP contribution in [0.15, 0.2) is 40.6 Å². The van der Waals surface area contributed by atoms with Crippen molar-refractivity contribution in [3.05, 3.63) is 47.0 Å². The van der Waals surface area contributed by atoms with Gasteiger partial charge in [0.2, 0.25) is 0 Å². The highest BCUT2D eigenvalue weighted by Gasteiger charge is 2.18. The molecule has 0 fully saturated rings. The molecule has 0 aliphatic heterocycles. The molecule has 148 valence electrons. The van der Waals surface area contributed by atoms with Crippen molar-refractivity contribution in [2.24, 2.45) is 10.2 Å². The fourth-order valence-electron chi connectivity index (χ4n) is 2.18. The minimum Gasteiger partial charge on any atom is -0.507 e. The third-order valence-corrected chi connectivity index (χ3v) is 3.89. The predicted octanol–water partition coefficient (Wildman–Crippen LogP) is 2.94. The highest BCUT2D eigenvalue weighted by Crippen LogP contribution is 2.31. The molecule has 2 aromatic rings. The number of aryl methyl sites for hydroxylation is 1. The summed E-state index contributed by atoms with van der Waals surface area (Å²) in [5.41, 5.74) is 0.0900. The lowest BCUT2D eigenvalue weighted by Gasteiger charge is -2.08. The third-order valence-electron chi connectivity index (χ3n) is 3.41. The molecule has 0 atom stereocenters. The van der Waals surface area contributed by atoms with E-state index in [-0.39, 0.29) is 34.0 Å². The Balaban J connectivity index is 2.44. The second kappa shape index (κ2) is 8.05. The molecule has 0 spiro atoms. The number of hydrogen-bond donors (Lipinski definition) is 2. The first kappa shape index (κ1) is 20.8. The Labute approximate surface area is 160 Å². The Kier molecular flexibility index (Phi) is 5.99. The second-order valence-electron chi connectivity index (χ2n) is 5.62. The van der Waals surface area contributed by atoms with Crippen LogP contribution in [-0.4, -0.2) is 43.9 Å². The Morgan fingerprint density at radius 3 is 2.21 bits per heavy atom. The summed E-state index contributed by atoms with van der Waals surface area (Å²) >= 11 is 0. The van der Waals surface area contributed by atoms with Crippen molar-refractivity contribution in [1.29, 1.82) is 0 Å². The van der Waals surface area contributed by atoms with Crippen molar-refractivity contribution in [2.75, 3.05) is 13.4 Å². The van der Waals surface area contributed by atoms with Gasteiger partial charge in [0.05, 0.1) is 24.7 Å². The first-order valence-electron chi connectivity index (χ1n) is 7.62. The Morgan fingerprint density at radius 1 is 1.04 bits per heavy atom. The second-order valence-corrected chi connectivity index (χ2v) is 7.20. The molecule has 0 saturated heterocycles. The van der Waals surface area contributed by atoms with Gasteiger partial charge in [0, 0.05) is 0 Å². The first-order chi connectivity index (χ1) is 13.0. The van der Waals surface area contributed by atoms with E-state index in [9.17, 15) is 23.1 Å². The highest BCUT2D eigenvalue weighted by molar-refractivity contribution is 7.86. The molecule has 2 N–H and O–H groups in total. The number of phenols is 1. The van der Waals surface area contributed by atoms with Gasteiger partial charge in [0.15, 0.2) is 5.75 Å². The van der Waals surface area contributed by atoms with Gasteiger partial charge < -0.3 is 19.1 Å². The van der Waals surface area contributed by atoms with Gasteiger partial charge in [-0.3, -0.25) is 0 Å². The summed E-state index contributed by atoms with van der Waals surface area (Å²) in [5, 5.41) is 26.7. The van der Waals surface area contributed by atoms with E-state index in [1.54, 1.807) is 0 Å². The largest absolute Gasteiger partial charge is 0.507 e. The van der Waals surface area contributed by atoms with Crippen LogP contribution in [0.5, 0.6) is 11.5 Å². The topological polar surface area (TPSA) is 152 Å². The molecule has 11 heteroatoms. The quantitative estimate of drug-likeness (QED) is 0.420. The molecule has 10 nitrogen and oxygen atoms in total. The van der Waals surface area contributed by atoms with Crippen LogP contribution in [0.25, 0.3) is 0 Å². The molecule has 0 aliphatic rings. The zero-order valence-electron chi connectivity index (χ0n) is 15.0. The molecule has 0 bridgehead atoms. The number of methoxy groups -OCH3 is 1. The van der Waals surface area contributed by atoms with E-state index in [4.69, 9.17) is 9.29 Å². The van der Waals surface area contributed by atoms with Crippen molar-refractivity contribution >= 4 is 33.4 Å². The number of carboxylic acid groups (broad SMARTS) is 1. The average Bonchev–Trinajstić information content (AvgIpc) is 2.61. The number of benzene rings is 2. The van der Waals surface area contributed by atoms with E-state index >= 15 is 0 Å². The normalized spacial score (nSPS) is 11.4. The van der Waals surface area contributed by atoms with Crippen molar-refractivity contribution in [2.45, 2.75) is 6.92 Å². The molecule has 0 aliphatic carbocycles. The Morgan fingerprint density at radius 2 is 1.64 bits per heavy atom. The molecular weight excluding hydrogens is 392 g/mol.